The van der Waals surface area contributed by atoms with Crippen molar-refractivity contribution < 1.29 is 14.4 Å². The summed E-state index contributed by atoms with van der Waals surface area (Å²) >= 11 is 0. The molecule has 0 radical (unpaired) electrons. The summed E-state index contributed by atoms with van der Waals surface area (Å²) in [5.41, 5.74) is 0. The Morgan fingerprint density at radius 3 is 2.33 bits per heavy atom. The molecule has 4 heteroatoms. The van der Waals surface area contributed by atoms with E-state index < -0.39 is 7.60 Å². The Morgan fingerprint density at radius 2 is 1.83 bits per heavy atom. The quantitative estimate of drug-likeness (QED) is 0.385. The van der Waals surface area contributed by atoms with Gasteiger partial charge in [0.1, 0.15) is 0 Å². The van der Waals surface area contributed by atoms with E-state index >= 15 is 0 Å². The lowest BCUT2D eigenvalue weighted by Crippen LogP contribution is -1.85. The number of unbranched alkanes of at least 4 members (excludes halogenated alkanes) is 2. The van der Waals surface area contributed by atoms with Crippen molar-refractivity contribution in [1.82, 2.24) is 0 Å². The van der Waals surface area contributed by atoms with Gasteiger partial charge in [-0.1, -0.05) is 25.5 Å². The molecule has 0 aliphatic rings. The molecule has 0 atom stereocenters. The zero-order chi connectivity index (χ0) is 9.45. The summed E-state index contributed by atoms with van der Waals surface area (Å²) in [4.78, 5) is 17.0. The number of rotatable bonds is 6. The zero-order valence-corrected chi connectivity index (χ0v) is 8.33. The summed E-state index contributed by atoms with van der Waals surface area (Å²) in [6.45, 7) is 2.10. The third-order valence-electron chi connectivity index (χ3n) is 1.44. The number of hydrogen-bond donors (Lipinski definition) is 2. The van der Waals surface area contributed by atoms with Crippen LogP contribution in [0, 0.1) is 0 Å². The van der Waals surface area contributed by atoms with Crippen molar-refractivity contribution in [2.24, 2.45) is 0 Å². The van der Waals surface area contributed by atoms with Crippen molar-refractivity contribution >= 4 is 7.60 Å². The predicted octanol–water partition coefficient (Wildman–Crippen LogP) is 2.30. The molecular weight excluding hydrogens is 175 g/mol. The molecule has 3 nitrogen and oxygen atoms in total. The van der Waals surface area contributed by atoms with Crippen LogP contribution in [0.2, 0.25) is 0 Å². The molecule has 0 aromatic rings. The van der Waals surface area contributed by atoms with E-state index in [0.717, 1.165) is 19.3 Å². The van der Waals surface area contributed by atoms with Gasteiger partial charge in [-0.15, -0.1) is 0 Å². The Hall–Kier alpha value is -0.110. The van der Waals surface area contributed by atoms with Gasteiger partial charge < -0.3 is 9.79 Å². The van der Waals surface area contributed by atoms with Crippen molar-refractivity contribution in [3.8, 4) is 0 Å². The SMILES string of the molecule is CCC/C=C/CCCP(=O)(O)O. The lowest BCUT2D eigenvalue weighted by molar-refractivity contribution is 0.372. The first kappa shape index (κ1) is 11.9. The second kappa shape index (κ2) is 6.41. The topological polar surface area (TPSA) is 57.5 Å². The predicted molar refractivity (Wildman–Crippen MR) is 50.2 cm³/mol. The van der Waals surface area contributed by atoms with Crippen LogP contribution < -0.4 is 0 Å². The van der Waals surface area contributed by atoms with Crippen molar-refractivity contribution in [2.75, 3.05) is 6.16 Å². The summed E-state index contributed by atoms with van der Waals surface area (Å²) in [5.74, 6) is 0. The van der Waals surface area contributed by atoms with Gasteiger partial charge in [-0.3, -0.25) is 4.57 Å². The first-order valence-corrected chi connectivity index (χ1v) is 6.05. The lowest BCUT2D eigenvalue weighted by atomic mass is 10.2. The molecule has 0 aliphatic carbocycles. The van der Waals surface area contributed by atoms with Crippen molar-refractivity contribution in [1.29, 1.82) is 0 Å². The van der Waals surface area contributed by atoms with Crippen molar-refractivity contribution in [3.63, 3.8) is 0 Å². The highest BCUT2D eigenvalue weighted by Gasteiger charge is 2.10. The molecule has 0 saturated heterocycles. The fourth-order valence-corrected chi connectivity index (χ4v) is 1.41. The number of allylic oxidation sites excluding steroid dienone is 2. The molecule has 0 saturated carbocycles. The Kier molecular flexibility index (Phi) is 6.35. The van der Waals surface area contributed by atoms with E-state index in [2.05, 4.69) is 13.0 Å². The third kappa shape index (κ3) is 9.89. The molecule has 0 spiro atoms. The average Bonchev–Trinajstić information content (AvgIpc) is 1.94. The van der Waals surface area contributed by atoms with Gasteiger partial charge in [-0.25, -0.2) is 0 Å². The van der Waals surface area contributed by atoms with E-state index in [-0.39, 0.29) is 6.16 Å². The Morgan fingerprint density at radius 1 is 1.25 bits per heavy atom. The molecule has 0 amide bonds. The first-order chi connectivity index (χ1) is 5.56. The summed E-state index contributed by atoms with van der Waals surface area (Å²) in [6, 6.07) is 0. The molecule has 0 fully saturated rings. The maximum atomic E-state index is 10.4. The van der Waals surface area contributed by atoms with Gasteiger partial charge in [0.25, 0.3) is 0 Å². The summed E-state index contributed by atoms with van der Waals surface area (Å²) < 4.78 is 10.4. The molecule has 0 aromatic heterocycles. The molecule has 0 rings (SSSR count). The van der Waals surface area contributed by atoms with Crippen LogP contribution in [0.15, 0.2) is 12.2 Å². The highest BCUT2D eigenvalue weighted by molar-refractivity contribution is 7.51. The molecular formula is C8H17O3P. The van der Waals surface area contributed by atoms with Gasteiger partial charge in [0.05, 0.1) is 6.16 Å². The van der Waals surface area contributed by atoms with E-state index in [4.69, 9.17) is 9.79 Å². The second-order valence-electron chi connectivity index (χ2n) is 2.79. The van der Waals surface area contributed by atoms with Crippen LogP contribution in [0.4, 0.5) is 0 Å². The summed E-state index contributed by atoms with van der Waals surface area (Å²) in [6.07, 6.45) is 7.56. The number of hydrogen-bond acceptors (Lipinski definition) is 1. The molecule has 2 N–H and O–H groups in total. The van der Waals surface area contributed by atoms with E-state index in [0.29, 0.717) is 6.42 Å². The van der Waals surface area contributed by atoms with Gasteiger partial charge in [0, 0.05) is 0 Å². The Bertz CT molecular complexity index is 171. The van der Waals surface area contributed by atoms with Crippen LogP contribution in [-0.4, -0.2) is 15.9 Å². The van der Waals surface area contributed by atoms with Crippen LogP contribution in [0.3, 0.4) is 0 Å². The molecule has 0 bridgehead atoms. The maximum absolute atomic E-state index is 10.4. The molecule has 12 heavy (non-hydrogen) atoms. The standard InChI is InChI=1S/C8H17O3P/c1-2-3-4-5-6-7-8-12(9,10)11/h4-5H,2-3,6-8H2,1H3,(H2,9,10,11)/b5-4+. The second-order valence-corrected chi connectivity index (χ2v) is 4.57. The van der Waals surface area contributed by atoms with Gasteiger partial charge in [0.15, 0.2) is 0 Å². The van der Waals surface area contributed by atoms with E-state index in [9.17, 15) is 4.57 Å². The van der Waals surface area contributed by atoms with Crippen molar-refractivity contribution in [2.45, 2.75) is 32.6 Å². The van der Waals surface area contributed by atoms with Crippen LogP contribution in [0.1, 0.15) is 32.6 Å². The van der Waals surface area contributed by atoms with Crippen LogP contribution >= 0.6 is 7.60 Å². The van der Waals surface area contributed by atoms with Crippen LogP contribution in [0.5, 0.6) is 0 Å². The monoisotopic (exact) mass is 192 g/mol. The van der Waals surface area contributed by atoms with E-state index in [1.165, 1.54) is 0 Å². The maximum Gasteiger partial charge on any atom is 0.325 e. The summed E-state index contributed by atoms with van der Waals surface area (Å²) in [7, 11) is -3.76. The molecule has 0 unspecified atom stereocenters. The molecule has 0 aliphatic heterocycles. The van der Waals surface area contributed by atoms with Crippen molar-refractivity contribution in [3.05, 3.63) is 12.2 Å². The molecule has 0 heterocycles. The minimum Gasteiger partial charge on any atom is -0.324 e. The minimum atomic E-state index is -3.76. The van der Waals surface area contributed by atoms with E-state index in [1.54, 1.807) is 0 Å². The minimum absolute atomic E-state index is 0.00344. The van der Waals surface area contributed by atoms with Crippen LogP contribution in [0.25, 0.3) is 0 Å². The van der Waals surface area contributed by atoms with Gasteiger partial charge >= 0.3 is 7.60 Å². The van der Waals surface area contributed by atoms with E-state index in [1.807, 2.05) is 6.08 Å². The molecule has 72 valence electrons. The fraction of sp³-hybridized carbons (Fsp3) is 0.750. The molecule has 0 aromatic carbocycles. The largest absolute Gasteiger partial charge is 0.325 e. The van der Waals surface area contributed by atoms with Crippen LogP contribution in [-0.2, 0) is 4.57 Å². The normalized spacial score (nSPS) is 12.6. The highest BCUT2D eigenvalue weighted by Crippen LogP contribution is 2.35. The third-order valence-corrected chi connectivity index (χ3v) is 2.34. The Balaban J connectivity index is 3.27. The first-order valence-electron chi connectivity index (χ1n) is 4.26. The van der Waals surface area contributed by atoms with Gasteiger partial charge in [-0.05, 0) is 19.3 Å². The lowest BCUT2D eigenvalue weighted by Gasteiger charge is -1.99. The Labute approximate surface area is 73.7 Å². The van der Waals surface area contributed by atoms with Gasteiger partial charge in [-0.2, -0.15) is 0 Å². The zero-order valence-electron chi connectivity index (χ0n) is 7.44. The summed E-state index contributed by atoms with van der Waals surface area (Å²) in [5, 5.41) is 0. The fourth-order valence-electron chi connectivity index (χ4n) is 0.817. The van der Waals surface area contributed by atoms with Gasteiger partial charge in [0.2, 0.25) is 0 Å². The average molecular weight is 192 g/mol. The highest BCUT2D eigenvalue weighted by atomic mass is 31.2. The smallest absolute Gasteiger partial charge is 0.324 e.